The minimum Gasteiger partial charge on any atom is -0.434 e. The first kappa shape index (κ1) is 26.7. The maximum absolute atomic E-state index is 12.4. The van der Waals surface area contributed by atoms with E-state index in [9.17, 15) is 19.2 Å². The quantitative estimate of drug-likeness (QED) is 0.335. The fraction of sp³-hybridized carbons (Fsp3) is 0.619. The minimum atomic E-state index is -0.884. The third-order valence-corrected chi connectivity index (χ3v) is 5.04. The SMILES string of the molecule is CCCCOC(=O)OC[C@H]1O[C@@H](n2cc(C=CBr)c(=O)[nH]c2=O)C[C@@H]1OC(=O)OCCCC. The van der Waals surface area contributed by atoms with Gasteiger partial charge in [0.05, 0.1) is 18.8 Å². The van der Waals surface area contributed by atoms with Gasteiger partial charge in [-0.3, -0.25) is 14.3 Å². The third kappa shape index (κ3) is 8.35. The van der Waals surface area contributed by atoms with E-state index in [1.54, 1.807) is 0 Å². The van der Waals surface area contributed by atoms with Crippen LogP contribution in [-0.4, -0.2) is 53.9 Å². The van der Waals surface area contributed by atoms with Gasteiger partial charge in [0, 0.05) is 12.6 Å². The fourth-order valence-corrected chi connectivity index (χ4v) is 3.28. The lowest BCUT2D eigenvalue weighted by atomic mass is 10.2. The van der Waals surface area contributed by atoms with Crippen LogP contribution in [-0.2, 0) is 23.7 Å². The Morgan fingerprint density at radius 1 is 1.15 bits per heavy atom. The molecule has 2 heterocycles. The van der Waals surface area contributed by atoms with Crippen molar-refractivity contribution in [2.75, 3.05) is 19.8 Å². The van der Waals surface area contributed by atoms with E-state index in [0.29, 0.717) is 12.8 Å². The lowest BCUT2D eigenvalue weighted by Crippen LogP contribution is -2.33. The lowest BCUT2D eigenvalue weighted by molar-refractivity contribution is -0.0676. The molecule has 12 heteroatoms. The maximum Gasteiger partial charge on any atom is 0.508 e. The number of rotatable bonds is 11. The second kappa shape index (κ2) is 13.8. The van der Waals surface area contributed by atoms with E-state index >= 15 is 0 Å². The number of unbranched alkanes of at least 4 members (excludes halogenated alkanes) is 2. The zero-order chi connectivity index (χ0) is 24.2. The Morgan fingerprint density at radius 3 is 2.45 bits per heavy atom. The van der Waals surface area contributed by atoms with E-state index in [2.05, 4.69) is 20.9 Å². The van der Waals surface area contributed by atoms with Crippen LogP contribution in [0.15, 0.2) is 20.8 Å². The molecule has 184 valence electrons. The molecule has 1 fully saturated rings. The van der Waals surface area contributed by atoms with Gasteiger partial charge in [0.25, 0.3) is 5.56 Å². The summed E-state index contributed by atoms with van der Waals surface area (Å²) in [5.41, 5.74) is -1.04. The molecule has 0 radical (unpaired) electrons. The Morgan fingerprint density at radius 2 is 1.82 bits per heavy atom. The average molecular weight is 533 g/mol. The third-order valence-electron chi connectivity index (χ3n) is 4.78. The Hall–Kier alpha value is -2.60. The molecule has 33 heavy (non-hydrogen) atoms. The van der Waals surface area contributed by atoms with Crippen molar-refractivity contribution in [2.24, 2.45) is 0 Å². The monoisotopic (exact) mass is 532 g/mol. The van der Waals surface area contributed by atoms with Crippen LogP contribution in [0.4, 0.5) is 9.59 Å². The second-order valence-electron chi connectivity index (χ2n) is 7.28. The summed E-state index contributed by atoms with van der Waals surface area (Å²) in [6.07, 6.45) is 1.60. The smallest absolute Gasteiger partial charge is 0.434 e. The van der Waals surface area contributed by atoms with E-state index in [4.69, 9.17) is 23.7 Å². The molecule has 11 nitrogen and oxygen atoms in total. The standard InChI is InChI=1S/C21H29BrN2O9/c1-3-5-9-29-20(27)31-13-16-15(33-21(28)30-10-6-4-2)11-17(32-16)24-12-14(7-8-22)18(25)23-19(24)26/h7-8,12,15-17H,3-6,9-11,13H2,1-2H3,(H,23,25,26)/t15-,16+,17+/m0/s1. The number of H-pyrrole nitrogens is 1. The van der Waals surface area contributed by atoms with E-state index < -0.39 is 42.0 Å². The number of hydrogen-bond donors (Lipinski definition) is 1. The van der Waals surface area contributed by atoms with Crippen LogP contribution in [0.1, 0.15) is 57.7 Å². The molecular weight excluding hydrogens is 504 g/mol. The molecule has 1 aromatic heterocycles. The van der Waals surface area contributed by atoms with Gasteiger partial charge in [-0.05, 0) is 23.9 Å². The summed E-state index contributed by atoms with van der Waals surface area (Å²) >= 11 is 3.09. The Labute approximate surface area is 199 Å². The first-order valence-corrected chi connectivity index (χ1v) is 11.7. The number of aromatic nitrogens is 2. The van der Waals surface area contributed by atoms with Gasteiger partial charge in [-0.1, -0.05) is 42.6 Å². The predicted octanol–water partition coefficient (Wildman–Crippen LogP) is 3.46. The molecule has 1 saturated heterocycles. The maximum atomic E-state index is 12.4. The largest absolute Gasteiger partial charge is 0.508 e. The normalized spacial score (nSPS) is 20.0. The topological polar surface area (TPSA) is 135 Å². The molecule has 1 aliphatic rings. The summed E-state index contributed by atoms with van der Waals surface area (Å²) in [4.78, 5) is 51.9. The van der Waals surface area contributed by atoms with E-state index in [-0.39, 0.29) is 31.8 Å². The lowest BCUT2D eigenvalue weighted by Gasteiger charge is -2.18. The van der Waals surface area contributed by atoms with Gasteiger partial charge in [0.15, 0.2) is 0 Å². The molecular formula is C21H29BrN2O9. The second-order valence-corrected chi connectivity index (χ2v) is 7.81. The number of carbonyl (C=O) groups excluding carboxylic acids is 2. The molecule has 1 N–H and O–H groups in total. The zero-order valence-electron chi connectivity index (χ0n) is 18.6. The molecule has 2 rings (SSSR count). The highest BCUT2D eigenvalue weighted by Gasteiger charge is 2.40. The number of ether oxygens (including phenoxy) is 5. The number of nitrogens with zero attached hydrogens (tertiary/aromatic N) is 1. The number of aromatic amines is 1. The van der Waals surface area contributed by atoms with E-state index in [1.165, 1.54) is 21.8 Å². The Balaban J connectivity index is 2.13. The van der Waals surface area contributed by atoms with E-state index in [0.717, 1.165) is 12.8 Å². The van der Waals surface area contributed by atoms with Crippen molar-refractivity contribution in [1.29, 1.82) is 0 Å². The highest BCUT2D eigenvalue weighted by Crippen LogP contribution is 2.30. The molecule has 0 saturated carbocycles. The van der Waals surface area contributed by atoms with Crippen LogP contribution in [0.3, 0.4) is 0 Å². The summed E-state index contributed by atoms with van der Waals surface area (Å²) in [6, 6.07) is 0. The Bertz CT molecular complexity index is 927. The highest BCUT2D eigenvalue weighted by atomic mass is 79.9. The molecule has 0 amide bonds. The van der Waals surface area contributed by atoms with Gasteiger partial charge in [-0.2, -0.15) is 0 Å². The molecule has 0 aliphatic carbocycles. The molecule has 1 aliphatic heterocycles. The molecule has 0 spiro atoms. The van der Waals surface area contributed by atoms with Crippen molar-refractivity contribution in [1.82, 2.24) is 9.55 Å². The fourth-order valence-electron chi connectivity index (χ4n) is 3.00. The van der Waals surface area contributed by atoms with Gasteiger partial charge in [0.1, 0.15) is 25.0 Å². The van der Waals surface area contributed by atoms with Crippen LogP contribution in [0.5, 0.6) is 0 Å². The average Bonchev–Trinajstić information content (AvgIpc) is 3.16. The number of nitrogens with one attached hydrogen (secondary N) is 1. The van der Waals surface area contributed by atoms with Gasteiger partial charge < -0.3 is 23.7 Å². The molecule has 0 bridgehead atoms. The first-order valence-electron chi connectivity index (χ1n) is 10.8. The number of carbonyl (C=O) groups is 2. The van der Waals surface area contributed by atoms with Gasteiger partial charge in [-0.25, -0.2) is 14.4 Å². The van der Waals surface area contributed by atoms with Crippen molar-refractivity contribution in [3.63, 3.8) is 0 Å². The summed E-state index contributed by atoms with van der Waals surface area (Å²) in [7, 11) is 0. The number of hydrogen-bond acceptors (Lipinski definition) is 9. The first-order chi connectivity index (χ1) is 15.9. The van der Waals surface area contributed by atoms with Gasteiger partial charge >= 0.3 is 18.0 Å². The van der Waals surface area contributed by atoms with Crippen molar-refractivity contribution < 1.29 is 33.3 Å². The van der Waals surface area contributed by atoms with Crippen LogP contribution < -0.4 is 11.2 Å². The highest BCUT2D eigenvalue weighted by molar-refractivity contribution is 9.11. The number of halogens is 1. The summed E-state index contributed by atoms with van der Waals surface area (Å²) < 4.78 is 27.5. The van der Waals surface area contributed by atoms with E-state index in [1.807, 2.05) is 13.8 Å². The molecule has 1 aromatic rings. The summed E-state index contributed by atoms with van der Waals surface area (Å²) in [6.45, 7) is 4.09. The van der Waals surface area contributed by atoms with Crippen molar-refractivity contribution >= 4 is 34.3 Å². The van der Waals surface area contributed by atoms with Crippen LogP contribution >= 0.6 is 15.9 Å². The van der Waals surface area contributed by atoms with Crippen LogP contribution in [0, 0.1) is 0 Å². The van der Waals surface area contributed by atoms with Crippen molar-refractivity contribution in [3.8, 4) is 0 Å². The van der Waals surface area contributed by atoms with Gasteiger partial charge in [0.2, 0.25) is 0 Å². The van der Waals surface area contributed by atoms with Crippen LogP contribution in [0.2, 0.25) is 0 Å². The molecule has 3 atom stereocenters. The Kier molecular flexibility index (Phi) is 11.2. The zero-order valence-corrected chi connectivity index (χ0v) is 20.2. The van der Waals surface area contributed by atoms with Crippen molar-refractivity contribution in [3.05, 3.63) is 37.6 Å². The summed E-state index contributed by atoms with van der Waals surface area (Å²) in [5, 5.41) is 0. The summed E-state index contributed by atoms with van der Waals surface area (Å²) in [5.74, 6) is 0. The van der Waals surface area contributed by atoms with Crippen LogP contribution in [0.25, 0.3) is 6.08 Å². The molecule has 0 aromatic carbocycles. The van der Waals surface area contributed by atoms with Crippen molar-refractivity contribution in [2.45, 2.75) is 64.4 Å². The predicted molar refractivity (Wildman–Crippen MR) is 121 cm³/mol. The minimum absolute atomic E-state index is 0.0746. The molecule has 0 unspecified atom stereocenters. The van der Waals surface area contributed by atoms with Gasteiger partial charge in [-0.15, -0.1) is 0 Å².